The molecule has 0 N–H and O–H groups in total. The average Bonchev–Trinajstić information content (AvgIpc) is 2.73. The Labute approximate surface area is 127 Å². The van der Waals surface area contributed by atoms with Crippen LogP contribution in [-0.4, -0.2) is 10.2 Å². The number of hydrogen-bond donors (Lipinski definition) is 0. The van der Waals surface area contributed by atoms with Crippen LogP contribution in [0, 0.1) is 0 Å². The third-order valence-corrected chi connectivity index (χ3v) is 4.28. The van der Waals surface area contributed by atoms with Crippen LogP contribution >= 0.6 is 24.0 Å². The number of benzene rings is 2. The molecule has 0 unspecified atom stereocenters. The van der Waals surface area contributed by atoms with Crippen molar-refractivity contribution in [2.45, 2.75) is 0 Å². The maximum absolute atomic E-state index is 12.2. The van der Waals surface area contributed by atoms with Gasteiger partial charge in [0.15, 0.2) is 4.32 Å². The molecule has 2 aromatic rings. The van der Waals surface area contributed by atoms with Crippen LogP contribution in [-0.2, 0) is 4.79 Å². The van der Waals surface area contributed by atoms with Crippen molar-refractivity contribution in [2.75, 3.05) is 4.90 Å². The lowest BCUT2D eigenvalue weighted by Gasteiger charge is -2.18. The number of anilines is 1. The number of thiocarbonyl (C=S) groups is 1. The molecule has 0 aliphatic carbocycles. The summed E-state index contributed by atoms with van der Waals surface area (Å²) in [6.45, 7) is 3.75. The molecule has 0 spiro atoms. The summed E-state index contributed by atoms with van der Waals surface area (Å²) in [5.41, 5.74) is 2.85. The lowest BCUT2D eigenvalue weighted by atomic mass is 10.0. The second-order valence-electron chi connectivity index (χ2n) is 4.31. The quantitative estimate of drug-likeness (QED) is 0.611. The summed E-state index contributed by atoms with van der Waals surface area (Å²) in [4.78, 5) is 14.2. The number of carbonyl (C=O) groups excluding carboxylic acids is 1. The molecule has 0 aromatic heterocycles. The minimum atomic E-state index is -0.136. The molecular weight excluding hydrogens is 286 g/mol. The van der Waals surface area contributed by atoms with Gasteiger partial charge < -0.3 is 0 Å². The van der Waals surface area contributed by atoms with E-state index in [-0.39, 0.29) is 5.91 Å². The van der Waals surface area contributed by atoms with E-state index in [0.717, 1.165) is 16.8 Å². The first kappa shape index (κ1) is 13.1. The SMILES string of the molecule is C=C1SC(=S)N(c2ccccc2-c2ccccc2)C1=O. The van der Waals surface area contributed by atoms with E-state index in [9.17, 15) is 4.79 Å². The summed E-state index contributed by atoms with van der Waals surface area (Å²) in [7, 11) is 0. The molecule has 20 heavy (non-hydrogen) atoms. The smallest absolute Gasteiger partial charge is 0.268 e. The van der Waals surface area contributed by atoms with E-state index in [1.54, 1.807) is 4.90 Å². The lowest BCUT2D eigenvalue weighted by Crippen LogP contribution is -2.27. The third kappa shape index (κ3) is 2.17. The van der Waals surface area contributed by atoms with Crippen LogP contribution in [0.2, 0.25) is 0 Å². The summed E-state index contributed by atoms with van der Waals surface area (Å²) >= 11 is 6.54. The number of para-hydroxylation sites is 1. The molecule has 0 radical (unpaired) electrons. The van der Waals surface area contributed by atoms with Crippen molar-refractivity contribution in [3.63, 3.8) is 0 Å². The zero-order valence-corrected chi connectivity index (χ0v) is 12.2. The highest BCUT2D eigenvalue weighted by atomic mass is 32.2. The minimum Gasteiger partial charge on any atom is -0.268 e. The van der Waals surface area contributed by atoms with Crippen molar-refractivity contribution in [3.8, 4) is 11.1 Å². The van der Waals surface area contributed by atoms with Crippen LogP contribution in [0.25, 0.3) is 11.1 Å². The molecule has 2 aromatic carbocycles. The van der Waals surface area contributed by atoms with Crippen molar-refractivity contribution >= 4 is 39.9 Å². The molecule has 1 heterocycles. The van der Waals surface area contributed by atoms with Gasteiger partial charge in [-0.2, -0.15) is 0 Å². The highest BCUT2D eigenvalue weighted by Crippen LogP contribution is 2.38. The maximum Gasteiger partial charge on any atom is 0.270 e. The molecule has 0 atom stereocenters. The van der Waals surface area contributed by atoms with E-state index >= 15 is 0 Å². The molecule has 3 rings (SSSR count). The number of carbonyl (C=O) groups is 1. The molecule has 4 heteroatoms. The molecule has 0 saturated carbocycles. The Hall–Kier alpha value is -1.91. The van der Waals surface area contributed by atoms with E-state index in [1.807, 2.05) is 54.6 Å². The van der Waals surface area contributed by atoms with E-state index in [1.165, 1.54) is 11.8 Å². The second kappa shape index (κ2) is 5.23. The fourth-order valence-corrected chi connectivity index (χ4v) is 3.29. The van der Waals surface area contributed by atoms with Crippen molar-refractivity contribution in [3.05, 3.63) is 66.1 Å². The standard InChI is InChI=1S/C16H11NOS2/c1-11-15(18)17(16(19)20-11)14-10-6-5-9-13(14)12-7-3-2-4-8-12/h2-10H,1H2. The fourth-order valence-electron chi connectivity index (χ4n) is 2.14. The van der Waals surface area contributed by atoms with Gasteiger partial charge in [0.25, 0.3) is 5.91 Å². The second-order valence-corrected chi connectivity index (χ2v) is 6.04. The van der Waals surface area contributed by atoms with Gasteiger partial charge in [0, 0.05) is 5.56 Å². The molecule has 2 nitrogen and oxygen atoms in total. The normalized spacial score (nSPS) is 15.0. The number of nitrogens with zero attached hydrogens (tertiary/aromatic N) is 1. The van der Waals surface area contributed by atoms with E-state index < -0.39 is 0 Å². The molecule has 1 fully saturated rings. The summed E-state index contributed by atoms with van der Waals surface area (Å²) in [5, 5.41) is 0. The Morgan fingerprint density at radius 2 is 1.65 bits per heavy atom. The Morgan fingerprint density at radius 1 is 1.00 bits per heavy atom. The Kier molecular flexibility index (Phi) is 3.42. The Morgan fingerprint density at radius 3 is 2.30 bits per heavy atom. The first-order valence-corrected chi connectivity index (χ1v) is 7.30. The third-order valence-electron chi connectivity index (χ3n) is 3.06. The molecular formula is C16H11NOS2. The first-order chi connectivity index (χ1) is 9.68. The lowest BCUT2D eigenvalue weighted by molar-refractivity contribution is -0.113. The van der Waals surface area contributed by atoms with E-state index in [4.69, 9.17) is 12.2 Å². The van der Waals surface area contributed by atoms with Crippen LogP contribution < -0.4 is 4.90 Å². The monoisotopic (exact) mass is 297 g/mol. The predicted octanol–water partition coefficient (Wildman–Crippen LogP) is 4.23. The van der Waals surface area contributed by atoms with E-state index in [2.05, 4.69) is 6.58 Å². The van der Waals surface area contributed by atoms with E-state index in [0.29, 0.717) is 9.23 Å². The highest BCUT2D eigenvalue weighted by Gasteiger charge is 2.33. The van der Waals surface area contributed by atoms with Crippen LogP contribution in [0.4, 0.5) is 5.69 Å². The van der Waals surface area contributed by atoms with Gasteiger partial charge in [-0.3, -0.25) is 9.69 Å². The Bertz CT molecular complexity index is 709. The van der Waals surface area contributed by atoms with Gasteiger partial charge in [0.2, 0.25) is 0 Å². The molecule has 1 aliphatic rings. The molecule has 0 bridgehead atoms. The fraction of sp³-hybridized carbons (Fsp3) is 0. The van der Waals surface area contributed by atoms with Gasteiger partial charge in [-0.05, 0) is 11.6 Å². The first-order valence-electron chi connectivity index (χ1n) is 6.08. The van der Waals surface area contributed by atoms with Crippen molar-refractivity contribution in [1.82, 2.24) is 0 Å². The summed E-state index contributed by atoms with van der Waals surface area (Å²) in [6, 6.07) is 17.7. The van der Waals surface area contributed by atoms with Crippen LogP contribution in [0.1, 0.15) is 0 Å². The maximum atomic E-state index is 12.2. The number of amides is 1. The molecule has 1 amide bonds. The number of hydrogen-bond acceptors (Lipinski definition) is 3. The molecule has 1 saturated heterocycles. The molecule has 98 valence electrons. The van der Waals surface area contributed by atoms with Gasteiger partial charge in [0.1, 0.15) is 0 Å². The van der Waals surface area contributed by atoms with Crippen LogP contribution in [0.5, 0.6) is 0 Å². The summed E-state index contributed by atoms with van der Waals surface area (Å²) < 4.78 is 0.531. The van der Waals surface area contributed by atoms with Gasteiger partial charge in [0.05, 0.1) is 10.6 Å². The van der Waals surface area contributed by atoms with Gasteiger partial charge in [-0.15, -0.1) is 0 Å². The molecule has 1 aliphatic heterocycles. The zero-order chi connectivity index (χ0) is 14.1. The largest absolute Gasteiger partial charge is 0.270 e. The van der Waals surface area contributed by atoms with Crippen molar-refractivity contribution in [1.29, 1.82) is 0 Å². The van der Waals surface area contributed by atoms with Crippen molar-refractivity contribution in [2.24, 2.45) is 0 Å². The van der Waals surface area contributed by atoms with Gasteiger partial charge in [-0.25, -0.2) is 0 Å². The summed E-state index contributed by atoms with van der Waals surface area (Å²) in [5.74, 6) is -0.136. The zero-order valence-electron chi connectivity index (χ0n) is 10.6. The van der Waals surface area contributed by atoms with Gasteiger partial charge in [-0.1, -0.05) is 79.1 Å². The number of rotatable bonds is 2. The highest BCUT2D eigenvalue weighted by molar-refractivity contribution is 8.27. The topological polar surface area (TPSA) is 20.3 Å². The summed E-state index contributed by atoms with van der Waals surface area (Å²) in [6.07, 6.45) is 0. The minimum absolute atomic E-state index is 0.136. The van der Waals surface area contributed by atoms with Crippen molar-refractivity contribution < 1.29 is 4.79 Å². The van der Waals surface area contributed by atoms with Gasteiger partial charge >= 0.3 is 0 Å². The number of thioether (sulfide) groups is 1. The predicted molar refractivity (Wildman–Crippen MR) is 88.7 cm³/mol. The average molecular weight is 297 g/mol. The van der Waals surface area contributed by atoms with Crippen LogP contribution in [0.15, 0.2) is 66.1 Å². The van der Waals surface area contributed by atoms with Crippen LogP contribution in [0.3, 0.4) is 0 Å². The Balaban J connectivity index is 2.14.